The van der Waals surface area contributed by atoms with Crippen LogP contribution in [0.4, 0.5) is 0 Å². The van der Waals surface area contributed by atoms with E-state index >= 15 is 0 Å². The lowest BCUT2D eigenvalue weighted by atomic mass is 9.90. The third kappa shape index (κ3) is 2.40. The molecule has 0 saturated carbocycles. The molecule has 0 bridgehead atoms. The number of aromatic nitrogens is 1. The Bertz CT molecular complexity index is 319. The van der Waals surface area contributed by atoms with E-state index in [1.54, 1.807) is 0 Å². The maximum absolute atomic E-state index is 5.41. The molecule has 0 aromatic carbocycles. The van der Waals surface area contributed by atoms with E-state index in [1.165, 1.54) is 12.8 Å². The summed E-state index contributed by atoms with van der Waals surface area (Å²) in [6.07, 6.45) is 2.35. The topological polar surface area (TPSA) is 38.1 Å². The molecule has 0 atom stereocenters. The Labute approximate surface area is 91.2 Å². The number of hydrogen-bond acceptors (Lipinski definition) is 3. The van der Waals surface area contributed by atoms with E-state index in [2.05, 4.69) is 37.3 Å². The summed E-state index contributed by atoms with van der Waals surface area (Å²) in [5.74, 6) is 1.59. The van der Waals surface area contributed by atoms with E-state index in [0.29, 0.717) is 5.92 Å². The summed E-state index contributed by atoms with van der Waals surface area (Å²) in [7, 11) is 0. The molecule has 3 nitrogen and oxygen atoms in total. The maximum atomic E-state index is 5.41. The number of nitrogens with one attached hydrogen (secondary N) is 1. The summed E-state index contributed by atoms with van der Waals surface area (Å²) in [6.45, 7) is 8.66. The molecule has 0 aliphatic carbocycles. The van der Waals surface area contributed by atoms with Crippen molar-refractivity contribution in [1.82, 2.24) is 10.5 Å². The molecule has 0 radical (unpaired) electrons. The summed E-state index contributed by atoms with van der Waals surface area (Å²) >= 11 is 0. The molecule has 1 N–H and O–H groups in total. The fourth-order valence-electron chi connectivity index (χ4n) is 1.95. The van der Waals surface area contributed by atoms with Gasteiger partial charge in [-0.1, -0.05) is 25.9 Å². The molecule has 1 aliphatic rings. The SMILES string of the molecule is CC(C)(C)c1cc(C2CCNCC2)no1. The van der Waals surface area contributed by atoms with Crippen LogP contribution < -0.4 is 5.32 Å². The molecular weight excluding hydrogens is 188 g/mol. The Kier molecular flexibility index (Phi) is 2.83. The summed E-state index contributed by atoms with van der Waals surface area (Å²) in [5.41, 5.74) is 1.21. The molecule has 0 unspecified atom stereocenters. The number of hydrogen-bond donors (Lipinski definition) is 1. The Morgan fingerprint density at radius 1 is 1.33 bits per heavy atom. The first-order valence-electron chi connectivity index (χ1n) is 5.75. The lowest BCUT2D eigenvalue weighted by molar-refractivity contribution is 0.319. The van der Waals surface area contributed by atoms with Crippen LogP contribution in [0.15, 0.2) is 10.6 Å². The minimum atomic E-state index is 0.0676. The molecule has 0 spiro atoms. The fraction of sp³-hybridized carbons (Fsp3) is 0.750. The Morgan fingerprint density at radius 2 is 2.00 bits per heavy atom. The highest BCUT2D eigenvalue weighted by Gasteiger charge is 2.23. The minimum Gasteiger partial charge on any atom is -0.361 e. The largest absolute Gasteiger partial charge is 0.361 e. The molecule has 1 aliphatic heterocycles. The molecule has 3 heteroatoms. The van der Waals surface area contributed by atoms with Crippen molar-refractivity contribution in [3.05, 3.63) is 17.5 Å². The lowest BCUT2D eigenvalue weighted by Gasteiger charge is -2.20. The molecule has 84 valence electrons. The van der Waals surface area contributed by atoms with Gasteiger partial charge in [-0.2, -0.15) is 0 Å². The van der Waals surface area contributed by atoms with Crippen LogP contribution in [0.1, 0.15) is 51.0 Å². The first-order chi connectivity index (χ1) is 7.07. The zero-order valence-electron chi connectivity index (χ0n) is 9.84. The third-order valence-corrected chi connectivity index (χ3v) is 3.03. The van der Waals surface area contributed by atoms with Crippen LogP contribution in [0.25, 0.3) is 0 Å². The minimum absolute atomic E-state index is 0.0676. The molecule has 1 aromatic rings. The molecular formula is C12H20N2O. The molecule has 2 heterocycles. The third-order valence-electron chi connectivity index (χ3n) is 3.03. The predicted molar refractivity (Wildman–Crippen MR) is 60.0 cm³/mol. The van der Waals surface area contributed by atoms with Crippen molar-refractivity contribution in [3.63, 3.8) is 0 Å². The highest BCUT2D eigenvalue weighted by atomic mass is 16.5. The van der Waals surface area contributed by atoms with E-state index in [-0.39, 0.29) is 5.41 Å². The van der Waals surface area contributed by atoms with Crippen LogP contribution in [-0.4, -0.2) is 18.2 Å². The van der Waals surface area contributed by atoms with E-state index in [0.717, 1.165) is 24.5 Å². The van der Waals surface area contributed by atoms with Gasteiger partial charge in [-0.25, -0.2) is 0 Å². The van der Waals surface area contributed by atoms with Gasteiger partial charge in [-0.3, -0.25) is 0 Å². The predicted octanol–water partition coefficient (Wildman–Crippen LogP) is 2.44. The van der Waals surface area contributed by atoms with Gasteiger partial charge in [0.1, 0.15) is 5.76 Å². The van der Waals surface area contributed by atoms with Crippen molar-refractivity contribution in [2.24, 2.45) is 0 Å². The van der Waals surface area contributed by atoms with Gasteiger partial charge in [-0.15, -0.1) is 0 Å². The summed E-state index contributed by atoms with van der Waals surface area (Å²) in [6, 6.07) is 2.13. The normalized spacial score (nSPS) is 19.4. The van der Waals surface area contributed by atoms with Gasteiger partial charge in [0.2, 0.25) is 0 Å². The Balaban J connectivity index is 2.12. The monoisotopic (exact) mass is 208 g/mol. The second kappa shape index (κ2) is 3.97. The van der Waals surface area contributed by atoms with Crippen LogP contribution in [0.5, 0.6) is 0 Å². The van der Waals surface area contributed by atoms with Crippen molar-refractivity contribution >= 4 is 0 Å². The fourth-order valence-corrected chi connectivity index (χ4v) is 1.95. The number of rotatable bonds is 1. The molecule has 1 aromatic heterocycles. The highest BCUT2D eigenvalue weighted by Crippen LogP contribution is 2.29. The molecule has 1 saturated heterocycles. The van der Waals surface area contributed by atoms with Gasteiger partial charge in [-0.05, 0) is 25.9 Å². The van der Waals surface area contributed by atoms with Crippen molar-refractivity contribution in [3.8, 4) is 0 Å². The van der Waals surface area contributed by atoms with Crippen molar-refractivity contribution in [2.75, 3.05) is 13.1 Å². The second-order valence-electron chi connectivity index (χ2n) is 5.39. The smallest absolute Gasteiger partial charge is 0.142 e. The lowest BCUT2D eigenvalue weighted by Crippen LogP contribution is -2.26. The van der Waals surface area contributed by atoms with Gasteiger partial charge in [0.05, 0.1) is 5.69 Å². The van der Waals surface area contributed by atoms with Crippen molar-refractivity contribution in [2.45, 2.75) is 44.9 Å². The number of nitrogens with zero attached hydrogens (tertiary/aromatic N) is 1. The van der Waals surface area contributed by atoms with Crippen LogP contribution >= 0.6 is 0 Å². The van der Waals surface area contributed by atoms with E-state index in [9.17, 15) is 0 Å². The van der Waals surface area contributed by atoms with E-state index in [4.69, 9.17) is 4.52 Å². The first kappa shape index (κ1) is 10.7. The Morgan fingerprint density at radius 3 is 2.53 bits per heavy atom. The molecule has 0 amide bonds. The van der Waals surface area contributed by atoms with Gasteiger partial charge in [0.15, 0.2) is 0 Å². The molecule has 2 rings (SSSR count). The van der Waals surface area contributed by atoms with E-state index in [1.807, 2.05) is 0 Å². The molecule has 15 heavy (non-hydrogen) atoms. The summed E-state index contributed by atoms with van der Waals surface area (Å²) < 4.78 is 5.41. The summed E-state index contributed by atoms with van der Waals surface area (Å²) in [5, 5.41) is 7.57. The van der Waals surface area contributed by atoms with Crippen LogP contribution in [0.2, 0.25) is 0 Å². The summed E-state index contributed by atoms with van der Waals surface area (Å²) in [4.78, 5) is 0. The van der Waals surface area contributed by atoms with Crippen LogP contribution in [0.3, 0.4) is 0 Å². The van der Waals surface area contributed by atoms with Crippen molar-refractivity contribution < 1.29 is 4.52 Å². The zero-order valence-corrected chi connectivity index (χ0v) is 9.84. The molecule has 1 fully saturated rings. The van der Waals surface area contributed by atoms with Gasteiger partial charge in [0.25, 0.3) is 0 Å². The van der Waals surface area contributed by atoms with Gasteiger partial charge < -0.3 is 9.84 Å². The number of piperidine rings is 1. The van der Waals surface area contributed by atoms with Crippen LogP contribution in [-0.2, 0) is 5.41 Å². The Hall–Kier alpha value is -0.830. The quantitative estimate of drug-likeness (QED) is 0.770. The average Bonchev–Trinajstić information content (AvgIpc) is 2.67. The van der Waals surface area contributed by atoms with Crippen LogP contribution in [0, 0.1) is 0 Å². The highest BCUT2D eigenvalue weighted by molar-refractivity contribution is 5.16. The van der Waals surface area contributed by atoms with E-state index < -0.39 is 0 Å². The van der Waals surface area contributed by atoms with Gasteiger partial charge in [0, 0.05) is 17.4 Å². The first-order valence-corrected chi connectivity index (χ1v) is 5.75. The standard InChI is InChI=1S/C12H20N2O/c1-12(2,3)11-8-10(14-15-11)9-4-6-13-7-5-9/h8-9,13H,4-7H2,1-3H3. The zero-order chi connectivity index (χ0) is 10.9. The van der Waals surface area contributed by atoms with Gasteiger partial charge >= 0.3 is 0 Å². The second-order valence-corrected chi connectivity index (χ2v) is 5.39. The van der Waals surface area contributed by atoms with Crippen molar-refractivity contribution in [1.29, 1.82) is 0 Å². The maximum Gasteiger partial charge on any atom is 0.142 e. The average molecular weight is 208 g/mol.